The van der Waals surface area contributed by atoms with Crippen LogP contribution in [0.15, 0.2) is 30.6 Å². The molecule has 1 fully saturated rings. The Bertz CT molecular complexity index is 849. The lowest BCUT2D eigenvalue weighted by atomic mass is 9.63. The fourth-order valence-corrected chi connectivity index (χ4v) is 3.76. The Balaban J connectivity index is 2.08. The molecule has 2 heterocycles. The van der Waals surface area contributed by atoms with Crippen molar-refractivity contribution in [2.24, 2.45) is 11.3 Å². The first-order chi connectivity index (χ1) is 11.8. The quantitative estimate of drug-likeness (QED) is 0.859. The van der Waals surface area contributed by atoms with Crippen LogP contribution in [-0.4, -0.2) is 27.4 Å². The second kappa shape index (κ2) is 6.08. The average molecular weight is 338 g/mol. The largest absolute Gasteiger partial charge is 0.372 e. The van der Waals surface area contributed by atoms with Crippen LogP contribution >= 0.6 is 0 Å². The van der Waals surface area contributed by atoms with Crippen molar-refractivity contribution in [2.75, 3.05) is 7.11 Å². The van der Waals surface area contributed by atoms with Crippen LogP contribution in [0.4, 0.5) is 0 Å². The number of carbonyl (C=O) groups is 1. The molecule has 0 amide bonds. The first kappa shape index (κ1) is 17.3. The van der Waals surface area contributed by atoms with E-state index in [0.29, 0.717) is 12.8 Å². The smallest absolute Gasteiger partial charge is 0.155 e. The van der Waals surface area contributed by atoms with Crippen LogP contribution < -0.4 is 0 Å². The fourth-order valence-electron chi connectivity index (χ4n) is 3.76. The lowest BCUT2D eigenvalue weighted by molar-refractivity contribution is -0.148. The van der Waals surface area contributed by atoms with Gasteiger partial charge in [0.25, 0.3) is 0 Å². The van der Waals surface area contributed by atoms with Crippen LogP contribution in [0.25, 0.3) is 5.82 Å². The van der Waals surface area contributed by atoms with Crippen molar-refractivity contribution in [1.29, 1.82) is 5.26 Å². The maximum Gasteiger partial charge on any atom is 0.155 e. The van der Waals surface area contributed by atoms with Gasteiger partial charge in [0, 0.05) is 31.3 Å². The van der Waals surface area contributed by atoms with Gasteiger partial charge in [-0.15, -0.1) is 0 Å². The zero-order valence-electron chi connectivity index (χ0n) is 15.0. The molecule has 2 unspecified atom stereocenters. The zero-order valence-corrected chi connectivity index (χ0v) is 15.0. The van der Waals surface area contributed by atoms with Crippen molar-refractivity contribution < 1.29 is 9.53 Å². The maximum atomic E-state index is 12.5. The highest BCUT2D eigenvalue weighted by Crippen LogP contribution is 2.48. The summed E-state index contributed by atoms with van der Waals surface area (Å²) in [6.07, 6.45) is 4.39. The van der Waals surface area contributed by atoms with Gasteiger partial charge in [-0.2, -0.15) is 5.26 Å². The number of pyridine rings is 1. The van der Waals surface area contributed by atoms with Gasteiger partial charge in [0.2, 0.25) is 0 Å². The lowest BCUT2D eigenvalue weighted by Crippen LogP contribution is -2.48. The van der Waals surface area contributed by atoms with Gasteiger partial charge in [-0.1, -0.05) is 19.9 Å². The summed E-state index contributed by atoms with van der Waals surface area (Å²) < 4.78 is 7.79. The maximum absolute atomic E-state index is 12.5. The summed E-state index contributed by atoms with van der Waals surface area (Å²) in [5, 5.41) is 9.45. The van der Waals surface area contributed by atoms with Gasteiger partial charge in [-0.25, -0.2) is 9.97 Å². The van der Waals surface area contributed by atoms with E-state index in [-0.39, 0.29) is 5.78 Å². The normalized spacial score (nSPS) is 25.6. The molecule has 2 aromatic heterocycles. The van der Waals surface area contributed by atoms with Gasteiger partial charge in [0.1, 0.15) is 23.2 Å². The molecule has 130 valence electrons. The van der Waals surface area contributed by atoms with Crippen LogP contribution in [0.3, 0.4) is 0 Å². The molecule has 1 saturated carbocycles. The molecular weight excluding hydrogens is 316 g/mol. The number of imidazole rings is 1. The van der Waals surface area contributed by atoms with E-state index < -0.39 is 16.9 Å². The number of aryl methyl sites for hydroxylation is 1. The SMILES string of the molecule is COC1(c2cccc(-n3ccnc3C)n2)CC(C#N)C(=O)C(C)(C)C1. The number of carbonyl (C=O) groups excluding carboxylic acids is 1. The molecule has 0 radical (unpaired) electrons. The van der Waals surface area contributed by atoms with Gasteiger partial charge in [-0.3, -0.25) is 9.36 Å². The first-order valence-electron chi connectivity index (χ1n) is 8.30. The molecule has 3 rings (SSSR count). The minimum Gasteiger partial charge on any atom is -0.372 e. The fraction of sp³-hybridized carbons (Fsp3) is 0.474. The summed E-state index contributed by atoms with van der Waals surface area (Å²) in [6, 6.07) is 7.87. The summed E-state index contributed by atoms with van der Waals surface area (Å²) in [5.74, 6) is 0.866. The minimum absolute atomic E-state index is 0.0238. The summed E-state index contributed by atoms with van der Waals surface area (Å²) in [5.41, 5.74) is -0.666. The predicted molar refractivity (Wildman–Crippen MR) is 91.9 cm³/mol. The van der Waals surface area contributed by atoms with Gasteiger partial charge in [0.05, 0.1) is 11.8 Å². The van der Waals surface area contributed by atoms with Crippen molar-refractivity contribution in [1.82, 2.24) is 14.5 Å². The van der Waals surface area contributed by atoms with Crippen LogP contribution in [0.1, 0.15) is 38.2 Å². The lowest BCUT2D eigenvalue weighted by Gasteiger charge is -2.44. The topological polar surface area (TPSA) is 80.8 Å². The first-order valence-corrected chi connectivity index (χ1v) is 8.30. The Kier molecular flexibility index (Phi) is 4.21. The molecule has 0 N–H and O–H groups in total. The second-order valence-corrected chi connectivity index (χ2v) is 7.23. The number of nitriles is 1. The molecule has 25 heavy (non-hydrogen) atoms. The highest BCUT2D eigenvalue weighted by Gasteiger charge is 2.51. The molecule has 1 aliphatic rings. The monoisotopic (exact) mass is 338 g/mol. The van der Waals surface area contributed by atoms with Crippen molar-refractivity contribution in [3.05, 3.63) is 42.1 Å². The number of ether oxygens (including phenoxy) is 1. The highest BCUT2D eigenvalue weighted by atomic mass is 16.5. The Morgan fingerprint density at radius 1 is 1.40 bits per heavy atom. The Labute approximate surface area is 147 Å². The number of hydrogen-bond acceptors (Lipinski definition) is 5. The van der Waals surface area contributed by atoms with E-state index in [1.165, 1.54) is 0 Å². The van der Waals surface area contributed by atoms with Gasteiger partial charge in [0.15, 0.2) is 5.78 Å². The number of Topliss-reactive ketones (excluding diaryl/α,β-unsaturated/α-hetero) is 1. The van der Waals surface area contributed by atoms with Crippen molar-refractivity contribution >= 4 is 5.78 Å². The van der Waals surface area contributed by atoms with E-state index in [4.69, 9.17) is 9.72 Å². The van der Waals surface area contributed by atoms with Crippen LogP contribution in [0, 0.1) is 29.6 Å². The summed E-state index contributed by atoms with van der Waals surface area (Å²) in [7, 11) is 1.62. The van der Waals surface area contributed by atoms with Crippen LogP contribution in [0.2, 0.25) is 0 Å². The van der Waals surface area contributed by atoms with Crippen molar-refractivity contribution in [2.45, 2.75) is 39.2 Å². The standard InChI is InChI=1S/C19H22N4O2/c1-13-21-8-9-23(13)16-7-5-6-15(22-16)19(25-4)10-14(11-20)17(24)18(2,3)12-19/h5-9,14H,10,12H2,1-4H3. The zero-order chi connectivity index (χ0) is 18.2. The third-order valence-electron chi connectivity index (χ3n) is 5.07. The van der Waals surface area contributed by atoms with E-state index in [9.17, 15) is 10.1 Å². The van der Waals surface area contributed by atoms with Crippen molar-refractivity contribution in [3.8, 4) is 11.9 Å². The minimum atomic E-state index is -0.762. The molecule has 6 nitrogen and oxygen atoms in total. The molecule has 0 bridgehead atoms. The van der Waals surface area contributed by atoms with E-state index >= 15 is 0 Å². The number of nitrogens with zero attached hydrogens (tertiary/aromatic N) is 4. The van der Waals surface area contributed by atoms with Crippen LogP contribution in [0.5, 0.6) is 0 Å². The molecule has 1 aliphatic carbocycles. The number of hydrogen-bond donors (Lipinski definition) is 0. The molecule has 0 spiro atoms. The Morgan fingerprint density at radius 2 is 2.16 bits per heavy atom. The molecular formula is C19H22N4O2. The average Bonchev–Trinajstić information content (AvgIpc) is 3.03. The summed E-state index contributed by atoms with van der Waals surface area (Å²) in [4.78, 5) is 21.5. The van der Waals surface area contributed by atoms with Crippen LogP contribution in [-0.2, 0) is 15.1 Å². The van der Waals surface area contributed by atoms with Gasteiger partial charge < -0.3 is 4.74 Å². The molecule has 0 saturated heterocycles. The second-order valence-electron chi connectivity index (χ2n) is 7.23. The molecule has 2 atom stereocenters. The summed E-state index contributed by atoms with van der Waals surface area (Å²) in [6.45, 7) is 5.65. The third-order valence-corrected chi connectivity index (χ3v) is 5.07. The predicted octanol–water partition coefficient (Wildman–Crippen LogP) is 2.95. The van der Waals surface area contributed by atoms with E-state index in [2.05, 4.69) is 11.1 Å². The molecule has 0 aliphatic heterocycles. The van der Waals surface area contributed by atoms with Gasteiger partial charge >= 0.3 is 0 Å². The highest BCUT2D eigenvalue weighted by molar-refractivity contribution is 5.89. The van der Waals surface area contributed by atoms with Crippen molar-refractivity contribution in [3.63, 3.8) is 0 Å². The van der Waals surface area contributed by atoms with E-state index in [1.807, 2.05) is 49.7 Å². The summed E-state index contributed by atoms with van der Waals surface area (Å²) >= 11 is 0. The van der Waals surface area contributed by atoms with Gasteiger partial charge in [-0.05, 0) is 25.5 Å². The molecule has 6 heteroatoms. The number of rotatable bonds is 3. The Morgan fingerprint density at radius 3 is 2.76 bits per heavy atom. The molecule has 2 aromatic rings. The number of ketones is 1. The Hall–Kier alpha value is -2.52. The molecule has 0 aromatic carbocycles. The third kappa shape index (κ3) is 2.85. The van der Waals surface area contributed by atoms with E-state index in [1.54, 1.807) is 13.3 Å². The van der Waals surface area contributed by atoms with E-state index in [0.717, 1.165) is 17.3 Å². The number of methoxy groups -OCH3 is 1. The number of aromatic nitrogens is 3.